The van der Waals surface area contributed by atoms with Crippen LogP contribution in [-0.2, 0) is 18.3 Å². The molecule has 1 saturated heterocycles. The second kappa shape index (κ2) is 9.56. The molecule has 1 atom stereocenters. The zero-order valence-electron chi connectivity index (χ0n) is 17.6. The summed E-state index contributed by atoms with van der Waals surface area (Å²) in [6.07, 6.45) is 3.83. The summed E-state index contributed by atoms with van der Waals surface area (Å²) in [6, 6.07) is 7.63. The Balaban J connectivity index is 1.68. The van der Waals surface area contributed by atoms with E-state index >= 15 is 0 Å². The first-order valence-electron chi connectivity index (χ1n) is 9.92. The zero-order chi connectivity index (χ0) is 20.8. The molecular formula is C21H30N6O2. The lowest BCUT2D eigenvalue weighted by Gasteiger charge is -2.34. The van der Waals surface area contributed by atoms with Gasteiger partial charge >= 0.3 is 0 Å². The summed E-state index contributed by atoms with van der Waals surface area (Å²) >= 11 is 0. The Morgan fingerprint density at radius 1 is 1.34 bits per heavy atom. The third kappa shape index (κ3) is 5.35. The molecule has 1 aliphatic rings. The van der Waals surface area contributed by atoms with Crippen LogP contribution in [0.3, 0.4) is 0 Å². The fraction of sp³-hybridized carbons (Fsp3) is 0.476. The van der Waals surface area contributed by atoms with Crippen LogP contribution in [0.4, 0.5) is 0 Å². The van der Waals surface area contributed by atoms with Crippen LogP contribution in [0.5, 0.6) is 0 Å². The molecule has 3 rings (SSSR count). The lowest BCUT2D eigenvalue weighted by Crippen LogP contribution is -2.48. The van der Waals surface area contributed by atoms with Crippen LogP contribution >= 0.6 is 0 Å². The van der Waals surface area contributed by atoms with Gasteiger partial charge in [-0.2, -0.15) is 5.10 Å². The van der Waals surface area contributed by atoms with E-state index in [-0.39, 0.29) is 12.0 Å². The summed E-state index contributed by atoms with van der Waals surface area (Å²) in [5, 5.41) is 7.63. The molecule has 1 aromatic carbocycles. The normalized spacial score (nSPS) is 17.3. The van der Waals surface area contributed by atoms with E-state index in [9.17, 15) is 4.79 Å². The van der Waals surface area contributed by atoms with E-state index in [4.69, 9.17) is 9.73 Å². The fourth-order valence-electron chi connectivity index (χ4n) is 3.25. The number of aryl methyl sites for hydroxylation is 1. The molecule has 8 heteroatoms. The van der Waals surface area contributed by atoms with Crippen molar-refractivity contribution in [1.82, 2.24) is 24.9 Å². The minimum atomic E-state index is -0.0161. The number of amides is 1. The average molecular weight is 399 g/mol. The molecule has 0 bridgehead atoms. The number of hydrogen-bond donors (Lipinski definition) is 1. The van der Waals surface area contributed by atoms with Gasteiger partial charge in [-0.05, 0) is 24.6 Å². The highest BCUT2D eigenvalue weighted by Gasteiger charge is 2.25. The molecule has 1 amide bonds. The number of benzene rings is 1. The van der Waals surface area contributed by atoms with Crippen LogP contribution in [-0.4, -0.2) is 71.8 Å². The predicted molar refractivity (Wildman–Crippen MR) is 113 cm³/mol. The third-order valence-corrected chi connectivity index (χ3v) is 4.82. The van der Waals surface area contributed by atoms with Gasteiger partial charge in [-0.1, -0.05) is 12.1 Å². The zero-order valence-corrected chi connectivity index (χ0v) is 17.6. The topological polar surface area (TPSA) is 75.0 Å². The largest absolute Gasteiger partial charge is 0.370 e. The highest BCUT2D eigenvalue weighted by Crippen LogP contribution is 2.21. The van der Waals surface area contributed by atoms with E-state index in [0.717, 1.165) is 36.7 Å². The standard InChI is InChI=1S/C21H30N6O2/c1-5-22-21(23-12-16-6-8-17(9-7-16)20(28)25(2)3)27-10-11-29-19(15-27)18-13-24-26(4)14-18/h6-9,13-14,19H,5,10-12,15H2,1-4H3,(H,22,23). The van der Waals surface area contributed by atoms with Crippen LogP contribution in [0, 0.1) is 0 Å². The number of aliphatic imine (C=N–C) groups is 1. The second-order valence-corrected chi connectivity index (χ2v) is 7.32. The van der Waals surface area contributed by atoms with Crippen LogP contribution in [0.25, 0.3) is 0 Å². The molecule has 1 aromatic heterocycles. The van der Waals surface area contributed by atoms with E-state index in [1.807, 2.05) is 43.7 Å². The van der Waals surface area contributed by atoms with Gasteiger partial charge in [0, 0.05) is 51.6 Å². The summed E-state index contributed by atoms with van der Waals surface area (Å²) in [6.45, 7) is 5.58. The van der Waals surface area contributed by atoms with Gasteiger partial charge < -0.3 is 19.9 Å². The molecular weight excluding hydrogens is 368 g/mol. The summed E-state index contributed by atoms with van der Waals surface area (Å²) in [7, 11) is 5.42. The van der Waals surface area contributed by atoms with Crippen LogP contribution < -0.4 is 5.32 Å². The lowest BCUT2D eigenvalue weighted by atomic mass is 10.1. The van der Waals surface area contributed by atoms with Crippen molar-refractivity contribution >= 4 is 11.9 Å². The summed E-state index contributed by atoms with van der Waals surface area (Å²) in [5.41, 5.74) is 2.82. The number of nitrogens with zero attached hydrogens (tertiary/aromatic N) is 5. The summed E-state index contributed by atoms with van der Waals surface area (Å²) in [5.74, 6) is 0.876. The van der Waals surface area contributed by atoms with Gasteiger partial charge in [-0.25, -0.2) is 4.99 Å². The van der Waals surface area contributed by atoms with Crippen LogP contribution in [0.1, 0.15) is 34.5 Å². The molecule has 0 saturated carbocycles. The average Bonchev–Trinajstić information content (AvgIpc) is 3.17. The summed E-state index contributed by atoms with van der Waals surface area (Å²) < 4.78 is 7.73. The van der Waals surface area contributed by atoms with Gasteiger partial charge in [-0.15, -0.1) is 0 Å². The van der Waals surface area contributed by atoms with E-state index in [2.05, 4.69) is 22.2 Å². The molecule has 8 nitrogen and oxygen atoms in total. The van der Waals surface area contributed by atoms with Crippen molar-refractivity contribution in [2.45, 2.75) is 19.6 Å². The number of carbonyl (C=O) groups excluding carboxylic acids is 1. The minimum Gasteiger partial charge on any atom is -0.370 e. The second-order valence-electron chi connectivity index (χ2n) is 7.32. The fourth-order valence-corrected chi connectivity index (χ4v) is 3.25. The molecule has 29 heavy (non-hydrogen) atoms. The molecule has 0 radical (unpaired) electrons. The third-order valence-electron chi connectivity index (χ3n) is 4.82. The smallest absolute Gasteiger partial charge is 0.253 e. The first-order valence-corrected chi connectivity index (χ1v) is 9.92. The number of morpholine rings is 1. The SMILES string of the molecule is CCNC(=NCc1ccc(C(=O)N(C)C)cc1)N1CCOC(c2cnn(C)c2)C1. The van der Waals surface area contributed by atoms with Crippen LogP contribution in [0.2, 0.25) is 0 Å². The van der Waals surface area contributed by atoms with Gasteiger partial charge in [0.05, 0.1) is 25.9 Å². The molecule has 0 aliphatic carbocycles. The van der Waals surface area contributed by atoms with Crippen molar-refractivity contribution in [3.05, 3.63) is 53.3 Å². The van der Waals surface area contributed by atoms with Crippen molar-refractivity contribution in [2.24, 2.45) is 12.0 Å². The van der Waals surface area contributed by atoms with E-state index < -0.39 is 0 Å². The Kier molecular flexibility index (Phi) is 6.87. The number of hydrogen-bond acceptors (Lipinski definition) is 4. The van der Waals surface area contributed by atoms with Gasteiger partial charge in [0.25, 0.3) is 5.91 Å². The van der Waals surface area contributed by atoms with Crippen molar-refractivity contribution in [2.75, 3.05) is 40.3 Å². The highest BCUT2D eigenvalue weighted by molar-refractivity contribution is 5.93. The van der Waals surface area contributed by atoms with E-state index in [1.54, 1.807) is 23.7 Å². The van der Waals surface area contributed by atoms with Crippen molar-refractivity contribution in [1.29, 1.82) is 0 Å². The molecule has 156 valence electrons. The van der Waals surface area contributed by atoms with Crippen LogP contribution in [0.15, 0.2) is 41.7 Å². The Hall–Kier alpha value is -2.87. The molecule has 2 aromatic rings. The molecule has 1 fully saturated rings. The molecule has 1 aliphatic heterocycles. The van der Waals surface area contributed by atoms with E-state index in [0.29, 0.717) is 18.7 Å². The maximum Gasteiger partial charge on any atom is 0.253 e. The number of guanidine groups is 1. The maximum absolute atomic E-state index is 12.0. The highest BCUT2D eigenvalue weighted by atomic mass is 16.5. The Bertz CT molecular complexity index is 843. The summed E-state index contributed by atoms with van der Waals surface area (Å²) in [4.78, 5) is 20.6. The molecule has 2 heterocycles. The first-order chi connectivity index (χ1) is 14.0. The van der Waals surface area contributed by atoms with Crippen molar-refractivity contribution in [3.8, 4) is 0 Å². The van der Waals surface area contributed by atoms with Crippen molar-refractivity contribution in [3.63, 3.8) is 0 Å². The number of ether oxygens (including phenoxy) is 1. The quantitative estimate of drug-likeness (QED) is 0.612. The Morgan fingerprint density at radius 2 is 2.10 bits per heavy atom. The lowest BCUT2D eigenvalue weighted by molar-refractivity contribution is -0.00805. The number of carbonyl (C=O) groups is 1. The first kappa shape index (κ1) is 20.9. The van der Waals surface area contributed by atoms with E-state index in [1.165, 1.54) is 0 Å². The molecule has 1 N–H and O–H groups in total. The van der Waals surface area contributed by atoms with Gasteiger partial charge in [-0.3, -0.25) is 9.48 Å². The predicted octanol–water partition coefficient (Wildman–Crippen LogP) is 1.66. The number of aromatic nitrogens is 2. The van der Waals surface area contributed by atoms with Gasteiger partial charge in [0.1, 0.15) is 6.10 Å². The monoisotopic (exact) mass is 398 g/mol. The Labute approximate surface area is 172 Å². The molecule has 0 spiro atoms. The maximum atomic E-state index is 12.0. The number of rotatable bonds is 5. The van der Waals surface area contributed by atoms with Gasteiger partial charge in [0.2, 0.25) is 0 Å². The van der Waals surface area contributed by atoms with Crippen molar-refractivity contribution < 1.29 is 9.53 Å². The minimum absolute atomic E-state index is 0.00292. The molecule has 1 unspecified atom stereocenters. The Morgan fingerprint density at radius 3 is 2.72 bits per heavy atom. The van der Waals surface area contributed by atoms with Gasteiger partial charge in [0.15, 0.2) is 5.96 Å². The number of nitrogens with one attached hydrogen (secondary N) is 1.